The van der Waals surface area contributed by atoms with Gasteiger partial charge in [-0.3, -0.25) is 0 Å². The van der Waals surface area contributed by atoms with Gasteiger partial charge in [0.1, 0.15) is 22.3 Å². The van der Waals surface area contributed by atoms with Crippen LogP contribution < -0.4 is 0 Å². The van der Waals surface area contributed by atoms with E-state index < -0.39 is 69.6 Å². The predicted octanol–water partition coefficient (Wildman–Crippen LogP) is 2.39. The van der Waals surface area contributed by atoms with Gasteiger partial charge < -0.3 is 37.3 Å². The Kier molecular flexibility index (Phi) is 9.57. The molecule has 0 aliphatic carbocycles. The summed E-state index contributed by atoms with van der Waals surface area (Å²) in [6, 6.07) is 0. The van der Waals surface area contributed by atoms with Crippen molar-refractivity contribution in [2.75, 3.05) is 42.7 Å². The Labute approximate surface area is 210 Å². The zero-order valence-electron chi connectivity index (χ0n) is 19.5. The lowest BCUT2D eigenvalue weighted by atomic mass is 10.1. The summed E-state index contributed by atoms with van der Waals surface area (Å²) in [6.07, 6.45) is 0. The molecule has 0 unspecified atom stereocenters. The van der Waals surface area contributed by atoms with Gasteiger partial charge in [-0.1, -0.05) is 0 Å². The first-order valence-electron chi connectivity index (χ1n) is 9.29. The predicted molar refractivity (Wildman–Crippen MR) is 117 cm³/mol. The van der Waals surface area contributed by atoms with Crippen LogP contribution in [0.1, 0.15) is 62.5 Å². The van der Waals surface area contributed by atoms with Crippen LogP contribution in [0.3, 0.4) is 0 Å². The molecule has 0 fully saturated rings. The maximum absolute atomic E-state index is 12.5. The molecule has 0 saturated carbocycles. The summed E-state index contributed by atoms with van der Waals surface area (Å²) < 4.78 is 38.6. The molecule has 36 heavy (non-hydrogen) atoms. The molecule has 194 valence electrons. The highest BCUT2D eigenvalue weighted by atomic mass is 33.1. The molecule has 2 aromatic heterocycles. The number of esters is 6. The van der Waals surface area contributed by atoms with E-state index in [-0.39, 0.29) is 10.2 Å². The molecule has 0 saturated heterocycles. The number of carbonyl (C=O) groups is 6. The van der Waals surface area contributed by atoms with Crippen molar-refractivity contribution in [2.45, 2.75) is 10.2 Å². The zero-order valence-corrected chi connectivity index (χ0v) is 21.2. The first-order valence-corrected chi connectivity index (χ1v) is 11.4. The Morgan fingerprint density at radius 3 is 0.944 bits per heavy atom. The summed E-state index contributed by atoms with van der Waals surface area (Å²) in [5.74, 6) is -7.89. The molecule has 0 spiro atoms. The standard InChI is InChI=1S/C20H18O14S2/c1-27-13(21)7-9(15(23)29-3)19(33-11(7)17(25)31-5)35-36-20-10(16(24)30-4)8(14(22)28-2)12(34-20)18(26)32-6/h1-6H3. The second kappa shape index (κ2) is 12.2. The van der Waals surface area contributed by atoms with Gasteiger partial charge in [-0.05, 0) is 21.6 Å². The Bertz CT molecular complexity index is 1130. The van der Waals surface area contributed by atoms with Crippen molar-refractivity contribution in [2.24, 2.45) is 0 Å². The van der Waals surface area contributed by atoms with Crippen LogP contribution in [0.4, 0.5) is 0 Å². The van der Waals surface area contributed by atoms with Crippen LogP contribution in [0.25, 0.3) is 0 Å². The highest BCUT2D eigenvalue weighted by Gasteiger charge is 2.38. The molecular weight excluding hydrogens is 528 g/mol. The Morgan fingerprint density at radius 1 is 0.444 bits per heavy atom. The number of ether oxygens (including phenoxy) is 6. The lowest BCUT2D eigenvalue weighted by Crippen LogP contribution is -2.14. The highest BCUT2D eigenvalue weighted by molar-refractivity contribution is 8.76. The van der Waals surface area contributed by atoms with E-state index >= 15 is 0 Å². The van der Waals surface area contributed by atoms with Crippen molar-refractivity contribution >= 4 is 57.4 Å². The number of carbonyl (C=O) groups excluding carboxylic acids is 6. The van der Waals surface area contributed by atoms with Crippen molar-refractivity contribution in [3.05, 3.63) is 33.8 Å². The molecule has 2 heterocycles. The molecule has 0 amide bonds. The van der Waals surface area contributed by atoms with Gasteiger partial charge in [-0.2, -0.15) is 0 Å². The maximum atomic E-state index is 12.5. The largest absolute Gasteiger partial charge is 0.465 e. The van der Waals surface area contributed by atoms with E-state index in [2.05, 4.69) is 28.4 Å². The SMILES string of the molecule is COC(=O)c1oc(SSc2oc(C(=O)OC)c(C(=O)OC)c2C(=O)OC)c(C(=O)OC)c1C(=O)OC. The van der Waals surface area contributed by atoms with Crippen LogP contribution in [0.2, 0.25) is 0 Å². The minimum absolute atomic E-state index is 0.362. The fourth-order valence-corrected chi connectivity index (χ4v) is 4.74. The normalized spacial score (nSPS) is 10.3. The summed E-state index contributed by atoms with van der Waals surface area (Å²) >= 11 is 0. The quantitative estimate of drug-likeness (QED) is 0.253. The van der Waals surface area contributed by atoms with Crippen LogP contribution in [0.5, 0.6) is 0 Å². The minimum atomic E-state index is -1.11. The Hall–Kier alpha value is -3.92. The van der Waals surface area contributed by atoms with Crippen LogP contribution in [0, 0.1) is 0 Å². The lowest BCUT2D eigenvalue weighted by Gasteiger charge is -2.04. The molecule has 0 bridgehead atoms. The second-order valence-electron chi connectivity index (χ2n) is 6.05. The number of rotatable bonds is 9. The summed E-state index contributed by atoms with van der Waals surface area (Å²) in [4.78, 5) is 73.9. The molecule has 2 rings (SSSR count). The molecular formula is C20H18O14S2. The number of hydrogen-bond acceptors (Lipinski definition) is 16. The maximum Gasteiger partial charge on any atom is 0.374 e. The van der Waals surface area contributed by atoms with Gasteiger partial charge >= 0.3 is 35.8 Å². The van der Waals surface area contributed by atoms with Gasteiger partial charge in [-0.25, -0.2) is 28.8 Å². The topological polar surface area (TPSA) is 184 Å². The molecule has 14 nitrogen and oxygen atoms in total. The monoisotopic (exact) mass is 546 g/mol. The van der Waals surface area contributed by atoms with Crippen molar-refractivity contribution < 1.29 is 66.0 Å². The fourth-order valence-electron chi connectivity index (χ4n) is 2.66. The van der Waals surface area contributed by atoms with Crippen molar-refractivity contribution in [1.82, 2.24) is 0 Å². The summed E-state index contributed by atoms with van der Waals surface area (Å²) in [5.41, 5.74) is -2.13. The number of hydrogen-bond donors (Lipinski definition) is 0. The van der Waals surface area contributed by atoms with Gasteiger partial charge in [0.15, 0.2) is 10.2 Å². The third kappa shape index (κ3) is 5.33. The number of methoxy groups -OCH3 is 6. The van der Waals surface area contributed by atoms with E-state index in [0.29, 0.717) is 21.6 Å². The van der Waals surface area contributed by atoms with Gasteiger partial charge in [0.2, 0.25) is 11.5 Å². The second-order valence-corrected chi connectivity index (χ2v) is 8.13. The summed E-state index contributed by atoms with van der Waals surface area (Å²) in [5, 5.41) is -0.724. The third-order valence-electron chi connectivity index (χ3n) is 4.24. The first kappa shape index (κ1) is 28.3. The Morgan fingerprint density at radius 2 is 0.694 bits per heavy atom. The number of furan rings is 2. The molecule has 2 aromatic rings. The molecule has 0 atom stereocenters. The molecule has 0 radical (unpaired) electrons. The molecule has 0 aromatic carbocycles. The van der Waals surface area contributed by atoms with Crippen LogP contribution >= 0.6 is 21.6 Å². The van der Waals surface area contributed by atoms with Crippen LogP contribution in [-0.4, -0.2) is 78.5 Å². The van der Waals surface area contributed by atoms with Gasteiger partial charge in [0.05, 0.1) is 42.7 Å². The summed E-state index contributed by atoms with van der Waals surface area (Å²) in [6.45, 7) is 0. The van der Waals surface area contributed by atoms with Crippen molar-refractivity contribution in [3.8, 4) is 0 Å². The lowest BCUT2D eigenvalue weighted by molar-refractivity contribution is 0.0520. The van der Waals surface area contributed by atoms with Crippen LogP contribution in [0.15, 0.2) is 19.0 Å². The smallest absolute Gasteiger partial charge is 0.374 e. The van der Waals surface area contributed by atoms with E-state index in [1.165, 1.54) is 0 Å². The third-order valence-corrected chi connectivity index (χ3v) is 6.36. The average molecular weight is 546 g/mol. The molecule has 0 aliphatic rings. The minimum Gasteiger partial charge on any atom is -0.465 e. The molecule has 16 heteroatoms. The van der Waals surface area contributed by atoms with Gasteiger partial charge in [0, 0.05) is 0 Å². The Balaban J connectivity index is 2.70. The van der Waals surface area contributed by atoms with E-state index in [1.807, 2.05) is 0 Å². The highest BCUT2D eigenvalue weighted by Crippen LogP contribution is 2.46. The van der Waals surface area contributed by atoms with E-state index in [4.69, 9.17) is 8.83 Å². The zero-order chi connectivity index (χ0) is 27.2. The first-order chi connectivity index (χ1) is 17.1. The van der Waals surface area contributed by atoms with Gasteiger partial charge in [0.25, 0.3) is 0 Å². The average Bonchev–Trinajstić information content (AvgIpc) is 3.48. The van der Waals surface area contributed by atoms with E-state index in [1.54, 1.807) is 0 Å². The van der Waals surface area contributed by atoms with Crippen molar-refractivity contribution in [3.63, 3.8) is 0 Å². The molecule has 0 aliphatic heterocycles. The molecule has 0 N–H and O–H groups in total. The van der Waals surface area contributed by atoms with E-state index in [9.17, 15) is 28.8 Å². The fraction of sp³-hybridized carbons (Fsp3) is 0.300. The van der Waals surface area contributed by atoms with Crippen molar-refractivity contribution in [1.29, 1.82) is 0 Å². The van der Waals surface area contributed by atoms with Gasteiger partial charge in [-0.15, -0.1) is 0 Å². The van der Waals surface area contributed by atoms with Crippen LogP contribution in [-0.2, 0) is 28.4 Å². The summed E-state index contributed by atoms with van der Waals surface area (Å²) in [7, 11) is 7.21. The van der Waals surface area contributed by atoms with E-state index in [0.717, 1.165) is 42.7 Å².